The predicted molar refractivity (Wildman–Crippen MR) is 117 cm³/mol. The lowest BCUT2D eigenvalue weighted by Crippen LogP contribution is -2.25. The lowest BCUT2D eigenvalue weighted by atomic mass is 10.1. The van der Waals surface area contributed by atoms with Gasteiger partial charge in [-0.25, -0.2) is 5.43 Å². The number of ether oxygens (including phenoxy) is 1. The highest BCUT2D eigenvalue weighted by Crippen LogP contribution is 2.31. The van der Waals surface area contributed by atoms with Crippen LogP contribution in [0, 0.1) is 0 Å². The van der Waals surface area contributed by atoms with E-state index in [2.05, 4.69) is 53.8 Å². The first-order valence-corrected chi connectivity index (χ1v) is 9.73. The highest BCUT2D eigenvalue weighted by Gasteiger charge is 2.08. The first-order chi connectivity index (χ1) is 13.1. The summed E-state index contributed by atoms with van der Waals surface area (Å²) in [6, 6.07) is 17.8. The maximum absolute atomic E-state index is 12.0. The molecule has 3 rings (SSSR count). The topological polar surface area (TPSA) is 62.7 Å². The van der Waals surface area contributed by atoms with Crippen molar-refractivity contribution >= 4 is 60.4 Å². The van der Waals surface area contributed by atoms with Gasteiger partial charge in [-0.2, -0.15) is 5.10 Å². The predicted octanol–water partition coefficient (Wildman–Crippen LogP) is 4.94. The van der Waals surface area contributed by atoms with Gasteiger partial charge in [0.15, 0.2) is 0 Å². The first kappa shape index (κ1) is 19.4. The van der Waals surface area contributed by atoms with E-state index < -0.39 is 0 Å². The molecule has 0 saturated carbocycles. The van der Waals surface area contributed by atoms with Crippen molar-refractivity contribution in [3.8, 4) is 5.75 Å². The number of carbonyl (C=O) groups is 1. The second-order valence-electron chi connectivity index (χ2n) is 5.72. The summed E-state index contributed by atoms with van der Waals surface area (Å²) in [4.78, 5) is 12.0. The van der Waals surface area contributed by atoms with Crippen molar-refractivity contribution in [3.05, 3.63) is 69.1 Å². The fourth-order valence-corrected chi connectivity index (χ4v) is 4.01. The lowest BCUT2D eigenvalue weighted by Gasteiger charge is -2.08. The molecule has 0 unspecified atom stereocenters. The summed E-state index contributed by atoms with van der Waals surface area (Å²) in [5, 5.41) is 9.39. The van der Waals surface area contributed by atoms with Gasteiger partial charge in [0.2, 0.25) is 0 Å². The standard InChI is InChI=1S/C20H17Br2N3O2/c1-27-20-15(8-16(21)10-18(20)22)11-24-25-19(26)12-23-17-7-6-13-4-2-3-5-14(13)9-17/h2-11,23H,12H2,1H3,(H,25,26). The molecular formula is C20H17Br2N3O2. The van der Waals surface area contributed by atoms with Crippen molar-refractivity contribution in [1.82, 2.24) is 5.43 Å². The Morgan fingerprint density at radius 2 is 1.89 bits per heavy atom. The molecule has 5 nitrogen and oxygen atoms in total. The van der Waals surface area contributed by atoms with Crippen LogP contribution in [0.3, 0.4) is 0 Å². The second kappa shape index (κ2) is 9.01. The molecule has 0 radical (unpaired) electrons. The number of nitrogens with one attached hydrogen (secondary N) is 2. The molecule has 1 amide bonds. The number of hydrogen-bond acceptors (Lipinski definition) is 4. The van der Waals surface area contributed by atoms with E-state index in [4.69, 9.17) is 4.74 Å². The van der Waals surface area contributed by atoms with Crippen molar-refractivity contribution < 1.29 is 9.53 Å². The minimum absolute atomic E-state index is 0.120. The van der Waals surface area contributed by atoms with Crippen LogP contribution in [-0.2, 0) is 4.79 Å². The van der Waals surface area contributed by atoms with Crippen LogP contribution in [0.5, 0.6) is 5.75 Å². The van der Waals surface area contributed by atoms with E-state index in [0.717, 1.165) is 31.0 Å². The monoisotopic (exact) mass is 489 g/mol. The van der Waals surface area contributed by atoms with E-state index in [-0.39, 0.29) is 12.5 Å². The zero-order valence-corrected chi connectivity index (χ0v) is 17.7. The van der Waals surface area contributed by atoms with Gasteiger partial charge in [-0.3, -0.25) is 4.79 Å². The number of anilines is 1. The molecule has 0 spiro atoms. The van der Waals surface area contributed by atoms with Crippen molar-refractivity contribution in [2.24, 2.45) is 5.10 Å². The number of carbonyl (C=O) groups excluding carboxylic acids is 1. The Bertz CT molecular complexity index is 1010. The van der Waals surface area contributed by atoms with E-state index in [9.17, 15) is 4.79 Å². The molecule has 0 saturated heterocycles. The van der Waals surface area contributed by atoms with Gasteiger partial charge in [-0.1, -0.05) is 46.3 Å². The Kier molecular flexibility index (Phi) is 6.47. The fourth-order valence-electron chi connectivity index (χ4n) is 2.59. The summed E-state index contributed by atoms with van der Waals surface area (Å²) >= 11 is 6.85. The van der Waals surface area contributed by atoms with Crippen LogP contribution in [0.15, 0.2) is 68.6 Å². The molecule has 0 aliphatic carbocycles. The Morgan fingerprint density at radius 1 is 1.11 bits per heavy atom. The molecule has 0 bridgehead atoms. The number of benzene rings is 3. The third-order valence-electron chi connectivity index (χ3n) is 3.84. The molecule has 2 N–H and O–H groups in total. The number of hydrogen-bond donors (Lipinski definition) is 2. The normalized spacial score (nSPS) is 10.9. The minimum Gasteiger partial charge on any atom is -0.495 e. The van der Waals surface area contributed by atoms with Gasteiger partial charge in [0.25, 0.3) is 5.91 Å². The third kappa shape index (κ3) is 5.08. The number of nitrogens with zero attached hydrogens (tertiary/aromatic N) is 1. The number of amides is 1. The van der Waals surface area contributed by atoms with Gasteiger partial charge in [-0.15, -0.1) is 0 Å². The van der Waals surface area contributed by atoms with Gasteiger partial charge in [0.1, 0.15) is 5.75 Å². The van der Waals surface area contributed by atoms with Gasteiger partial charge < -0.3 is 10.1 Å². The second-order valence-corrected chi connectivity index (χ2v) is 7.49. The number of methoxy groups -OCH3 is 1. The van der Waals surface area contributed by atoms with Crippen LogP contribution in [0.1, 0.15) is 5.56 Å². The molecular weight excluding hydrogens is 474 g/mol. The van der Waals surface area contributed by atoms with Gasteiger partial charge in [0, 0.05) is 15.7 Å². The molecule has 0 aromatic heterocycles. The van der Waals surface area contributed by atoms with E-state index in [1.165, 1.54) is 0 Å². The zero-order valence-electron chi connectivity index (χ0n) is 14.5. The maximum Gasteiger partial charge on any atom is 0.259 e. The number of fused-ring (bicyclic) bond motifs is 1. The first-order valence-electron chi connectivity index (χ1n) is 8.14. The summed E-state index contributed by atoms with van der Waals surface area (Å²) < 4.78 is 7.02. The molecule has 0 heterocycles. The van der Waals surface area contributed by atoms with Crippen LogP contribution in [0.25, 0.3) is 10.8 Å². The van der Waals surface area contributed by atoms with Crippen LogP contribution >= 0.6 is 31.9 Å². The van der Waals surface area contributed by atoms with Crippen LogP contribution in [-0.4, -0.2) is 25.8 Å². The van der Waals surface area contributed by atoms with E-state index in [1.807, 2.05) is 48.5 Å². The summed E-state index contributed by atoms with van der Waals surface area (Å²) in [5.74, 6) is 0.401. The molecule has 0 aliphatic rings. The molecule has 0 atom stereocenters. The summed E-state index contributed by atoms with van der Waals surface area (Å²) in [6.45, 7) is 0.120. The molecule has 0 fully saturated rings. The van der Waals surface area contributed by atoms with Crippen LogP contribution < -0.4 is 15.5 Å². The Morgan fingerprint density at radius 3 is 2.67 bits per heavy atom. The zero-order chi connectivity index (χ0) is 19.2. The third-order valence-corrected chi connectivity index (χ3v) is 4.88. The minimum atomic E-state index is -0.243. The Labute approximate surface area is 174 Å². The molecule has 3 aromatic rings. The average Bonchev–Trinajstić information content (AvgIpc) is 2.66. The molecule has 27 heavy (non-hydrogen) atoms. The number of halogens is 2. The fraction of sp³-hybridized carbons (Fsp3) is 0.100. The SMILES string of the molecule is COc1c(Br)cc(Br)cc1C=NNC(=O)CNc1ccc2ccccc2c1. The molecule has 3 aromatic carbocycles. The van der Waals surface area contributed by atoms with Gasteiger partial charge >= 0.3 is 0 Å². The van der Waals surface area contributed by atoms with Gasteiger partial charge in [-0.05, 0) is 51.0 Å². The summed E-state index contributed by atoms with van der Waals surface area (Å²) in [6.07, 6.45) is 1.54. The summed E-state index contributed by atoms with van der Waals surface area (Å²) in [5.41, 5.74) is 4.13. The van der Waals surface area contributed by atoms with Crippen LogP contribution in [0.4, 0.5) is 5.69 Å². The molecule has 7 heteroatoms. The van der Waals surface area contributed by atoms with E-state index in [0.29, 0.717) is 5.75 Å². The Balaban J connectivity index is 1.58. The Hall–Kier alpha value is -2.38. The van der Waals surface area contributed by atoms with Crippen molar-refractivity contribution in [3.63, 3.8) is 0 Å². The highest BCUT2D eigenvalue weighted by molar-refractivity contribution is 9.11. The lowest BCUT2D eigenvalue weighted by molar-refractivity contribution is -0.119. The smallest absolute Gasteiger partial charge is 0.259 e. The summed E-state index contributed by atoms with van der Waals surface area (Å²) in [7, 11) is 1.58. The number of rotatable bonds is 6. The van der Waals surface area contributed by atoms with Crippen molar-refractivity contribution in [2.45, 2.75) is 0 Å². The van der Waals surface area contributed by atoms with Gasteiger partial charge in [0.05, 0.1) is 24.3 Å². The average molecular weight is 491 g/mol. The largest absolute Gasteiger partial charge is 0.495 e. The van der Waals surface area contributed by atoms with Crippen LogP contribution in [0.2, 0.25) is 0 Å². The van der Waals surface area contributed by atoms with Crippen molar-refractivity contribution in [2.75, 3.05) is 19.0 Å². The van der Waals surface area contributed by atoms with Crippen molar-refractivity contribution in [1.29, 1.82) is 0 Å². The maximum atomic E-state index is 12.0. The quantitative estimate of drug-likeness (QED) is 0.380. The molecule has 0 aliphatic heterocycles. The van der Waals surface area contributed by atoms with E-state index >= 15 is 0 Å². The number of hydrazone groups is 1. The molecule has 138 valence electrons. The highest BCUT2D eigenvalue weighted by atomic mass is 79.9. The van der Waals surface area contributed by atoms with E-state index in [1.54, 1.807) is 13.3 Å².